The lowest BCUT2D eigenvalue weighted by molar-refractivity contribution is -0.160. The van der Waals surface area contributed by atoms with Crippen LogP contribution in [-0.2, 0) is 24.8 Å². The van der Waals surface area contributed by atoms with Crippen molar-refractivity contribution in [3.05, 3.63) is 30.0 Å². The molecule has 0 bridgehead atoms. The second kappa shape index (κ2) is 5.32. The van der Waals surface area contributed by atoms with Gasteiger partial charge in [-0.25, -0.2) is 18.7 Å². The molecule has 24 heavy (non-hydrogen) atoms. The lowest BCUT2D eigenvalue weighted by Crippen LogP contribution is -2.48. The predicted octanol–water partition coefficient (Wildman–Crippen LogP) is 1.81. The largest absolute Gasteiger partial charge is 0.338 e. The van der Waals surface area contributed by atoms with Crippen molar-refractivity contribution >= 4 is 5.91 Å². The number of nitrogens with zero attached hydrogens (tertiary/aromatic N) is 5. The van der Waals surface area contributed by atoms with Crippen molar-refractivity contribution in [3.8, 4) is 11.3 Å². The van der Waals surface area contributed by atoms with Crippen LogP contribution in [0.1, 0.15) is 24.1 Å². The zero-order valence-corrected chi connectivity index (χ0v) is 13.2. The SMILES string of the molecule is Cn1cc(-c2ncnc3c2CN(C(=O)C2CC(F)(F)C2)CC3)cn1. The Morgan fingerprint density at radius 2 is 2.12 bits per heavy atom. The highest BCUT2D eigenvalue weighted by Crippen LogP contribution is 2.43. The Hall–Kier alpha value is -2.38. The predicted molar refractivity (Wildman–Crippen MR) is 81.0 cm³/mol. The van der Waals surface area contributed by atoms with Crippen LogP contribution in [0, 0.1) is 5.92 Å². The van der Waals surface area contributed by atoms with E-state index in [4.69, 9.17) is 0 Å². The van der Waals surface area contributed by atoms with Gasteiger partial charge in [0.05, 0.1) is 17.6 Å². The van der Waals surface area contributed by atoms with Crippen LogP contribution >= 0.6 is 0 Å². The number of hydrogen-bond donors (Lipinski definition) is 0. The molecule has 1 saturated carbocycles. The summed E-state index contributed by atoms with van der Waals surface area (Å²) in [6.45, 7) is 0.874. The van der Waals surface area contributed by atoms with Gasteiger partial charge in [0.2, 0.25) is 11.8 Å². The van der Waals surface area contributed by atoms with Crippen LogP contribution in [0.25, 0.3) is 11.3 Å². The molecule has 4 rings (SSSR count). The summed E-state index contributed by atoms with van der Waals surface area (Å²) >= 11 is 0. The zero-order chi connectivity index (χ0) is 16.9. The maximum Gasteiger partial charge on any atom is 0.249 e. The second-order valence-corrected chi connectivity index (χ2v) is 6.52. The van der Waals surface area contributed by atoms with Gasteiger partial charge in [0.25, 0.3) is 0 Å². The molecule has 0 N–H and O–H groups in total. The first-order valence-corrected chi connectivity index (χ1v) is 7.91. The van der Waals surface area contributed by atoms with Gasteiger partial charge in [-0.3, -0.25) is 9.48 Å². The Balaban J connectivity index is 1.59. The number of fused-ring (bicyclic) bond motifs is 1. The minimum Gasteiger partial charge on any atom is -0.338 e. The highest BCUT2D eigenvalue weighted by atomic mass is 19.3. The van der Waals surface area contributed by atoms with E-state index in [1.165, 1.54) is 6.33 Å². The molecule has 2 aromatic rings. The quantitative estimate of drug-likeness (QED) is 0.841. The van der Waals surface area contributed by atoms with E-state index in [2.05, 4.69) is 15.1 Å². The lowest BCUT2D eigenvalue weighted by Gasteiger charge is -2.38. The van der Waals surface area contributed by atoms with Gasteiger partial charge >= 0.3 is 0 Å². The Morgan fingerprint density at radius 3 is 2.79 bits per heavy atom. The molecule has 2 aliphatic rings. The first-order chi connectivity index (χ1) is 11.4. The molecule has 3 heterocycles. The van der Waals surface area contributed by atoms with Crippen molar-refractivity contribution in [2.75, 3.05) is 6.54 Å². The molecule has 1 fully saturated rings. The Kier molecular flexibility index (Phi) is 3.36. The van der Waals surface area contributed by atoms with Gasteiger partial charge in [-0.1, -0.05) is 0 Å². The van der Waals surface area contributed by atoms with E-state index >= 15 is 0 Å². The first-order valence-electron chi connectivity index (χ1n) is 7.91. The normalized spacial score (nSPS) is 19.7. The van der Waals surface area contributed by atoms with Crippen LogP contribution in [0.5, 0.6) is 0 Å². The molecule has 2 aromatic heterocycles. The summed E-state index contributed by atoms with van der Waals surface area (Å²) in [5.74, 6) is -3.43. The molecule has 1 aliphatic carbocycles. The van der Waals surface area contributed by atoms with Gasteiger partial charge in [-0.05, 0) is 0 Å². The summed E-state index contributed by atoms with van der Waals surface area (Å²) in [4.78, 5) is 22.8. The summed E-state index contributed by atoms with van der Waals surface area (Å²) in [6, 6.07) is 0. The summed E-state index contributed by atoms with van der Waals surface area (Å²) in [5.41, 5.74) is 3.41. The number of halogens is 2. The van der Waals surface area contributed by atoms with E-state index < -0.39 is 11.8 Å². The van der Waals surface area contributed by atoms with Crippen molar-refractivity contribution in [3.63, 3.8) is 0 Å². The second-order valence-electron chi connectivity index (χ2n) is 6.52. The first kappa shape index (κ1) is 15.2. The molecule has 1 amide bonds. The van der Waals surface area contributed by atoms with Gasteiger partial charge in [0, 0.05) is 62.6 Å². The monoisotopic (exact) mass is 333 g/mol. The van der Waals surface area contributed by atoms with Gasteiger partial charge in [0.15, 0.2) is 0 Å². The van der Waals surface area contributed by atoms with Crippen molar-refractivity contribution < 1.29 is 13.6 Å². The number of carbonyl (C=O) groups excluding carboxylic acids is 1. The lowest BCUT2D eigenvalue weighted by atomic mass is 9.80. The Morgan fingerprint density at radius 1 is 1.33 bits per heavy atom. The smallest absolute Gasteiger partial charge is 0.249 e. The van der Waals surface area contributed by atoms with E-state index in [1.54, 1.807) is 15.8 Å². The number of alkyl halides is 2. The highest BCUT2D eigenvalue weighted by Gasteiger charge is 2.50. The standard InChI is InChI=1S/C16H17F2N5O/c1-22-7-11(6-21-22)14-12-8-23(3-2-13(12)19-9-20-14)15(24)10-4-16(17,18)5-10/h6-7,9-10H,2-5,8H2,1H3. The maximum atomic E-state index is 13.0. The average Bonchev–Trinajstić information content (AvgIpc) is 2.97. The van der Waals surface area contributed by atoms with Gasteiger partial charge in [-0.2, -0.15) is 5.10 Å². The van der Waals surface area contributed by atoms with Crippen molar-refractivity contribution in [2.45, 2.75) is 31.7 Å². The molecule has 0 saturated heterocycles. The third-order valence-electron chi connectivity index (χ3n) is 4.73. The average molecular weight is 333 g/mol. The molecule has 6 nitrogen and oxygen atoms in total. The van der Waals surface area contributed by atoms with Crippen LogP contribution in [-0.4, -0.2) is 43.0 Å². The third-order valence-corrected chi connectivity index (χ3v) is 4.73. The summed E-state index contributed by atoms with van der Waals surface area (Å²) < 4.78 is 27.8. The van der Waals surface area contributed by atoms with Crippen LogP contribution in [0.15, 0.2) is 18.7 Å². The molecular weight excluding hydrogens is 316 g/mol. The molecule has 1 aliphatic heterocycles. The van der Waals surface area contributed by atoms with Crippen LogP contribution in [0.2, 0.25) is 0 Å². The number of rotatable bonds is 2. The summed E-state index contributed by atoms with van der Waals surface area (Å²) in [6.07, 6.45) is 5.03. The number of carbonyl (C=O) groups is 1. The molecule has 0 spiro atoms. The van der Waals surface area contributed by atoms with Crippen molar-refractivity contribution in [1.82, 2.24) is 24.6 Å². The van der Waals surface area contributed by atoms with Crippen LogP contribution in [0.3, 0.4) is 0 Å². The molecular formula is C16H17F2N5O. The molecule has 126 valence electrons. The van der Waals surface area contributed by atoms with Gasteiger partial charge in [0.1, 0.15) is 6.33 Å². The van der Waals surface area contributed by atoms with Crippen molar-refractivity contribution in [2.24, 2.45) is 13.0 Å². The van der Waals surface area contributed by atoms with E-state index in [1.807, 2.05) is 13.2 Å². The number of aromatic nitrogens is 4. The number of hydrogen-bond acceptors (Lipinski definition) is 4. The van der Waals surface area contributed by atoms with E-state index in [9.17, 15) is 13.6 Å². The van der Waals surface area contributed by atoms with E-state index in [0.717, 1.165) is 22.5 Å². The molecule has 0 radical (unpaired) electrons. The minimum absolute atomic E-state index is 0.187. The summed E-state index contributed by atoms with van der Waals surface area (Å²) in [5, 5.41) is 4.16. The van der Waals surface area contributed by atoms with Gasteiger partial charge in [-0.15, -0.1) is 0 Å². The fourth-order valence-corrected chi connectivity index (χ4v) is 3.42. The van der Waals surface area contributed by atoms with Crippen LogP contribution in [0.4, 0.5) is 8.78 Å². The zero-order valence-electron chi connectivity index (χ0n) is 13.2. The fraction of sp³-hybridized carbons (Fsp3) is 0.500. The molecule has 0 atom stereocenters. The Labute approximate surface area is 137 Å². The third kappa shape index (κ3) is 2.55. The number of amides is 1. The molecule has 8 heteroatoms. The number of aryl methyl sites for hydroxylation is 1. The molecule has 0 unspecified atom stereocenters. The van der Waals surface area contributed by atoms with Gasteiger partial charge < -0.3 is 4.90 Å². The maximum absolute atomic E-state index is 13.0. The Bertz CT molecular complexity index is 796. The van der Waals surface area contributed by atoms with E-state index in [0.29, 0.717) is 19.5 Å². The topological polar surface area (TPSA) is 63.9 Å². The highest BCUT2D eigenvalue weighted by molar-refractivity contribution is 5.80. The van der Waals surface area contributed by atoms with Crippen molar-refractivity contribution in [1.29, 1.82) is 0 Å². The molecule has 0 aromatic carbocycles. The van der Waals surface area contributed by atoms with E-state index in [-0.39, 0.29) is 18.7 Å². The van der Waals surface area contributed by atoms with Crippen LogP contribution < -0.4 is 0 Å². The fourth-order valence-electron chi connectivity index (χ4n) is 3.42. The minimum atomic E-state index is -2.68. The summed E-state index contributed by atoms with van der Waals surface area (Å²) in [7, 11) is 1.82.